The standard InChI is InChI=1S/3C24H36O2.2C22H32O4.5CH4/c1-18-10-11-19(2)21(9-5-7-13-24(16-17-24)22(25)26)20(18)8-4-6-12-23(3)14-15-23;1-18-16-20(8-4-6-10-23(3)12-13-23)21(17-19(18)2)9-5-7-11-24(14-15-24)22(25)26;1-18-16-19(2)21(9-5-7-11-24(14-15-24)22(25)26)20(17-18)8-4-6-10-23(3)12-13-23;1-21(12-13-21)10-4-2-6-16-17(19(24)9-8-18(16)23)7-3-5-11-22(14-15-22)20(25)26;1-21(10-11-21)8-4-2-6-16-14-17(23)15-19(24)18(16)7-3-5-9-22(12-13-22)20(25)26;;;;;/h10-11H,4-9,12-17H2,1-3H3,(H,25,26);2*16-17H,4-15H2,1-3H3,(H,25,26);8-9,23-24H,2-7,10-15H2,1H3,(H,25,26);14-15,23-24H,2-13H2,1H3,(H,25,26);5*1H4. The molecule has 135 heavy (non-hydrogen) atoms. The SMILES string of the molecule is C.C.C.C.C.CC1(CCCCc2c(O)ccc(O)c2CCCCC2(C(=O)O)CC2)CC1.CC1(CCCCc2cc(O)cc(O)c2CCCCC2(C(=O)O)CC2)CC1.Cc1cc(C)c(CCCCC2(C(=O)O)CC2)c(CCCCC2(C)CC2)c1.Cc1cc(CCCCC2(C)CC2)c(CCCCC2(C(=O)O)CC2)cc1C.Cc1ccc(C)c(CCCCC2(C(=O)O)CC2)c1CCCCC1(C)CC1. The first-order valence-corrected chi connectivity index (χ1v) is 52.2. The van der Waals surface area contributed by atoms with Gasteiger partial charge in [0.05, 0.1) is 27.1 Å². The van der Waals surface area contributed by atoms with Crippen LogP contribution in [0.5, 0.6) is 23.0 Å². The number of aliphatic carboxylic acids is 5. The van der Waals surface area contributed by atoms with Crippen molar-refractivity contribution in [2.75, 3.05) is 0 Å². The topological polar surface area (TPSA) is 267 Å². The van der Waals surface area contributed by atoms with Gasteiger partial charge in [0.1, 0.15) is 23.0 Å². The molecule has 10 aliphatic rings. The molecule has 0 saturated heterocycles. The van der Waals surface area contributed by atoms with Crippen LogP contribution in [0.1, 0.15) is 482 Å². The van der Waals surface area contributed by atoms with Crippen LogP contribution in [0.25, 0.3) is 0 Å². The van der Waals surface area contributed by atoms with Gasteiger partial charge in [-0.3, -0.25) is 24.0 Å². The number of carbonyl (C=O) groups is 5. The molecule has 9 N–H and O–H groups in total. The van der Waals surface area contributed by atoms with Crippen LogP contribution in [0, 0.1) is 95.7 Å². The highest BCUT2D eigenvalue weighted by Crippen LogP contribution is 2.57. The summed E-state index contributed by atoms with van der Waals surface area (Å²) in [4.78, 5) is 56.4. The number of hydrogen-bond acceptors (Lipinski definition) is 9. The Kier molecular flexibility index (Phi) is 44.1. The maximum atomic E-state index is 11.3. The molecular weight excluding hydrogens is 1680 g/mol. The Morgan fingerprint density at radius 1 is 0.222 bits per heavy atom. The fourth-order valence-corrected chi connectivity index (χ4v) is 21.2. The largest absolute Gasteiger partial charge is 0.508 e. The maximum absolute atomic E-state index is 11.3. The lowest BCUT2D eigenvalue weighted by atomic mass is 9.88. The number of benzene rings is 5. The second-order valence-corrected chi connectivity index (χ2v) is 46.3. The minimum absolute atomic E-state index is 0. The number of hydrogen-bond donors (Lipinski definition) is 9. The van der Waals surface area contributed by atoms with E-state index in [9.17, 15) is 69.9 Å². The zero-order valence-electron chi connectivity index (χ0n) is 82.8. The van der Waals surface area contributed by atoms with Gasteiger partial charge in [-0.25, -0.2) is 0 Å². The third-order valence-electron chi connectivity index (χ3n) is 34.2. The van der Waals surface area contributed by atoms with Gasteiger partial charge in [0.2, 0.25) is 0 Å². The van der Waals surface area contributed by atoms with Gasteiger partial charge < -0.3 is 46.0 Å². The Bertz CT molecular complexity index is 4380. The van der Waals surface area contributed by atoms with Gasteiger partial charge in [0, 0.05) is 17.2 Å². The maximum Gasteiger partial charge on any atom is 0.309 e. The monoisotopic (exact) mass is 1870 g/mol. The fraction of sp³-hybridized carbons (Fsp3) is 0.711. The molecule has 0 spiro atoms. The predicted octanol–water partition coefficient (Wildman–Crippen LogP) is 32.7. The molecule has 760 valence electrons. The average Bonchev–Trinajstić information content (AvgIpc) is 1.67. The van der Waals surface area contributed by atoms with E-state index in [0.717, 1.165) is 241 Å². The van der Waals surface area contributed by atoms with Crippen LogP contribution in [0.2, 0.25) is 0 Å². The highest BCUT2D eigenvalue weighted by atomic mass is 16.4. The number of unbranched alkanes of at least 4 members (excludes halogenated alkanes) is 10. The molecule has 10 aliphatic carbocycles. The molecule has 0 radical (unpaired) electrons. The van der Waals surface area contributed by atoms with Gasteiger partial charge in [0.25, 0.3) is 0 Å². The number of rotatable bonds is 55. The van der Waals surface area contributed by atoms with E-state index < -0.39 is 40.7 Å². The molecule has 0 atom stereocenters. The van der Waals surface area contributed by atoms with Gasteiger partial charge in [-0.15, -0.1) is 0 Å². The third-order valence-corrected chi connectivity index (χ3v) is 34.2. The zero-order chi connectivity index (χ0) is 93.9. The van der Waals surface area contributed by atoms with Crippen molar-refractivity contribution in [2.45, 2.75) is 499 Å². The smallest absolute Gasteiger partial charge is 0.309 e. The Hall–Kier alpha value is -7.35. The molecule has 0 unspecified atom stereocenters. The summed E-state index contributed by atoms with van der Waals surface area (Å²) >= 11 is 0. The minimum atomic E-state index is -0.664. The van der Waals surface area contributed by atoms with Crippen LogP contribution in [-0.4, -0.2) is 75.8 Å². The molecule has 0 amide bonds. The summed E-state index contributed by atoms with van der Waals surface area (Å²) in [6.07, 6.45) is 65.5. The first kappa shape index (κ1) is 116. The van der Waals surface area contributed by atoms with E-state index in [4.69, 9.17) is 0 Å². The summed E-state index contributed by atoms with van der Waals surface area (Å²) in [6, 6.07) is 20.4. The normalized spacial score (nSPS) is 18.6. The van der Waals surface area contributed by atoms with Crippen molar-refractivity contribution in [3.05, 3.63) is 150 Å². The van der Waals surface area contributed by atoms with Crippen LogP contribution in [0.3, 0.4) is 0 Å². The molecule has 0 aliphatic heterocycles. The van der Waals surface area contributed by atoms with Crippen molar-refractivity contribution in [1.82, 2.24) is 0 Å². The molecule has 5 aromatic carbocycles. The zero-order valence-corrected chi connectivity index (χ0v) is 82.8. The molecule has 0 bridgehead atoms. The molecular formula is C121H192O14. The highest BCUT2D eigenvalue weighted by Gasteiger charge is 2.53. The van der Waals surface area contributed by atoms with Gasteiger partial charge in [0.15, 0.2) is 0 Å². The number of phenolic OH excluding ortho intramolecular Hbond substituents is 4. The fourth-order valence-electron chi connectivity index (χ4n) is 21.2. The molecule has 0 heterocycles. The Balaban J connectivity index is 0.000000257. The van der Waals surface area contributed by atoms with E-state index in [1.165, 1.54) is 217 Å². The quantitative estimate of drug-likeness (QED) is 0.0129. The van der Waals surface area contributed by atoms with Crippen molar-refractivity contribution in [3.8, 4) is 23.0 Å². The van der Waals surface area contributed by atoms with Gasteiger partial charge >= 0.3 is 29.8 Å². The van der Waals surface area contributed by atoms with E-state index in [2.05, 4.69) is 113 Å². The van der Waals surface area contributed by atoms with E-state index in [0.29, 0.717) is 33.5 Å². The number of carboxylic acids is 5. The minimum Gasteiger partial charge on any atom is -0.508 e. The second kappa shape index (κ2) is 51.2. The van der Waals surface area contributed by atoms with Crippen LogP contribution >= 0.6 is 0 Å². The summed E-state index contributed by atoms with van der Waals surface area (Å²) in [5, 5.41) is 87.1. The highest BCUT2D eigenvalue weighted by molar-refractivity contribution is 5.79. The lowest BCUT2D eigenvalue weighted by molar-refractivity contribution is -0.144. The second-order valence-electron chi connectivity index (χ2n) is 46.3. The predicted molar refractivity (Wildman–Crippen MR) is 560 cm³/mol. The van der Waals surface area contributed by atoms with Crippen molar-refractivity contribution in [2.24, 2.45) is 54.1 Å². The molecule has 0 aromatic heterocycles. The first-order chi connectivity index (χ1) is 61.7. The summed E-state index contributed by atoms with van der Waals surface area (Å²) in [7, 11) is 0. The van der Waals surface area contributed by atoms with Crippen molar-refractivity contribution in [3.63, 3.8) is 0 Å². The molecule has 5 aromatic rings. The van der Waals surface area contributed by atoms with Crippen LogP contribution in [0.4, 0.5) is 0 Å². The molecule has 15 rings (SSSR count). The lowest BCUT2D eigenvalue weighted by Gasteiger charge is -2.17. The Labute approximate surface area is 820 Å². The van der Waals surface area contributed by atoms with Gasteiger partial charge in [-0.05, 0) is 480 Å². The summed E-state index contributed by atoms with van der Waals surface area (Å²) in [6.45, 7) is 25.4. The number of carboxylic acid groups (broad SMARTS) is 5. The van der Waals surface area contributed by atoms with E-state index in [1.807, 2.05) is 0 Å². The summed E-state index contributed by atoms with van der Waals surface area (Å²) < 4.78 is 0. The van der Waals surface area contributed by atoms with Crippen LogP contribution in [-0.2, 0) is 88.2 Å². The van der Waals surface area contributed by atoms with Gasteiger partial charge in [-0.1, -0.05) is 178 Å². The summed E-state index contributed by atoms with van der Waals surface area (Å²) in [5.74, 6) is -2.22. The van der Waals surface area contributed by atoms with Crippen LogP contribution in [0.15, 0.2) is 60.7 Å². The summed E-state index contributed by atoms with van der Waals surface area (Å²) in [5.41, 5.74) is 22.5. The number of aromatic hydroxyl groups is 4. The lowest BCUT2D eigenvalue weighted by Crippen LogP contribution is -2.14. The molecule has 14 heteroatoms. The first-order valence-electron chi connectivity index (χ1n) is 52.2. The van der Waals surface area contributed by atoms with E-state index in [-0.39, 0.29) is 76.4 Å². The van der Waals surface area contributed by atoms with Gasteiger partial charge in [-0.2, -0.15) is 0 Å². The Morgan fingerprint density at radius 3 is 0.711 bits per heavy atom. The molecule has 10 saturated carbocycles. The van der Waals surface area contributed by atoms with Crippen molar-refractivity contribution in [1.29, 1.82) is 0 Å². The van der Waals surface area contributed by atoms with Crippen molar-refractivity contribution >= 4 is 29.8 Å². The number of phenols is 4. The average molecular weight is 1870 g/mol. The van der Waals surface area contributed by atoms with Crippen molar-refractivity contribution < 1.29 is 69.9 Å². The van der Waals surface area contributed by atoms with Crippen LogP contribution < -0.4 is 0 Å². The Morgan fingerprint density at radius 2 is 0.452 bits per heavy atom. The molecule has 14 nitrogen and oxygen atoms in total. The third kappa shape index (κ3) is 35.7. The molecule has 10 fully saturated rings. The number of aryl methyl sites for hydroxylation is 10. The van der Waals surface area contributed by atoms with E-state index >= 15 is 0 Å². The van der Waals surface area contributed by atoms with E-state index in [1.54, 1.807) is 34.9 Å².